The van der Waals surface area contributed by atoms with Crippen molar-refractivity contribution in [3.05, 3.63) is 22.8 Å². The summed E-state index contributed by atoms with van der Waals surface area (Å²) in [7, 11) is 3.86. The zero-order valence-corrected chi connectivity index (χ0v) is 9.60. The van der Waals surface area contributed by atoms with Crippen LogP contribution in [-0.4, -0.2) is 25.6 Å². The number of anilines is 1. The normalized spacial score (nSPS) is 10.3. The Morgan fingerprint density at radius 2 is 2.21 bits per heavy atom. The zero-order valence-electron chi connectivity index (χ0n) is 8.84. The first-order valence-corrected chi connectivity index (χ1v) is 5.05. The van der Waals surface area contributed by atoms with Gasteiger partial charge in [-0.15, -0.1) is 0 Å². The number of pyridine rings is 1. The fourth-order valence-corrected chi connectivity index (χ4v) is 1.52. The van der Waals surface area contributed by atoms with E-state index in [0.717, 1.165) is 24.5 Å². The van der Waals surface area contributed by atoms with Crippen LogP contribution in [0.15, 0.2) is 12.3 Å². The molecular formula is C10H16ClN3. The summed E-state index contributed by atoms with van der Waals surface area (Å²) in [6, 6.07) is 1.95. The molecule has 0 aliphatic carbocycles. The second kappa shape index (κ2) is 5.17. The number of hydrogen-bond acceptors (Lipinski definition) is 3. The minimum atomic E-state index is 0.699. The van der Waals surface area contributed by atoms with Crippen molar-refractivity contribution in [3.8, 4) is 0 Å². The van der Waals surface area contributed by atoms with Gasteiger partial charge in [-0.2, -0.15) is 0 Å². The van der Waals surface area contributed by atoms with Gasteiger partial charge in [-0.1, -0.05) is 18.5 Å². The van der Waals surface area contributed by atoms with E-state index >= 15 is 0 Å². The van der Waals surface area contributed by atoms with Crippen LogP contribution in [0.2, 0.25) is 5.02 Å². The largest absolute Gasteiger partial charge is 0.362 e. The van der Waals surface area contributed by atoms with E-state index in [9.17, 15) is 0 Å². The van der Waals surface area contributed by atoms with Crippen molar-refractivity contribution in [1.82, 2.24) is 10.3 Å². The standard InChI is InChI=1S/C10H16ClN3/c1-4-12-6-8-5-9(11)10(13-7-8)14(2)3/h5,7,12H,4,6H2,1-3H3. The summed E-state index contributed by atoms with van der Waals surface area (Å²) in [4.78, 5) is 6.19. The molecule has 78 valence electrons. The molecule has 0 fully saturated rings. The van der Waals surface area contributed by atoms with Gasteiger partial charge in [0.2, 0.25) is 0 Å². The summed E-state index contributed by atoms with van der Waals surface area (Å²) in [5.41, 5.74) is 1.11. The molecule has 14 heavy (non-hydrogen) atoms. The molecule has 1 heterocycles. The third kappa shape index (κ3) is 2.86. The van der Waals surface area contributed by atoms with Crippen LogP contribution in [0.5, 0.6) is 0 Å². The quantitative estimate of drug-likeness (QED) is 0.829. The Balaban J connectivity index is 2.78. The predicted octanol–water partition coefficient (Wildman–Crippen LogP) is 1.91. The third-order valence-electron chi connectivity index (χ3n) is 1.88. The fourth-order valence-electron chi connectivity index (χ4n) is 1.17. The molecule has 0 unspecified atom stereocenters. The summed E-state index contributed by atoms with van der Waals surface area (Å²) in [6.07, 6.45) is 1.85. The topological polar surface area (TPSA) is 28.2 Å². The first kappa shape index (κ1) is 11.3. The van der Waals surface area contributed by atoms with Crippen LogP contribution in [0, 0.1) is 0 Å². The molecule has 0 aliphatic heterocycles. The van der Waals surface area contributed by atoms with Crippen LogP contribution < -0.4 is 10.2 Å². The molecule has 0 saturated heterocycles. The van der Waals surface area contributed by atoms with Gasteiger partial charge in [0.25, 0.3) is 0 Å². The van der Waals surface area contributed by atoms with Crippen molar-refractivity contribution in [2.75, 3.05) is 25.5 Å². The number of halogens is 1. The van der Waals surface area contributed by atoms with Crippen molar-refractivity contribution in [2.24, 2.45) is 0 Å². The highest BCUT2D eigenvalue weighted by molar-refractivity contribution is 6.33. The highest BCUT2D eigenvalue weighted by Gasteiger charge is 2.04. The molecule has 3 nitrogen and oxygen atoms in total. The van der Waals surface area contributed by atoms with Gasteiger partial charge in [0.1, 0.15) is 5.82 Å². The number of nitrogens with zero attached hydrogens (tertiary/aromatic N) is 2. The molecule has 1 N–H and O–H groups in total. The highest BCUT2D eigenvalue weighted by atomic mass is 35.5. The minimum absolute atomic E-state index is 0.699. The average molecular weight is 214 g/mol. The molecule has 0 aliphatic rings. The summed E-state index contributed by atoms with van der Waals surface area (Å²) in [5, 5.41) is 3.93. The van der Waals surface area contributed by atoms with Gasteiger partial charge in [0.05, 0.1) is 5.02 Å². The second-order valence-electron chi connectivity index (χ2n) is 3.32. The maximum absolute atomic E-state index is 6.07. The molecule has 0 bridgehead atoms. The summed E-state index contributed by atoms with van der Waals surface area (Å²) < 4.78 is 0. The van der Waals surface area contributed by atoms with E-state index < -0.39 is 0 Å². The van der Waals surface area contributed by atoms with E-state index in [-0.39, 0.29) is 0 Å². The van der Waals surface area contributed by atoms with Crippen LogP contribution in [-0.2, 0) is 6.54 Å². The van der Waals surface area contributed by atoms with Crippen molar-refractivity contribution in [3.63, 3.8) is 0 Å². The van der Waals surface area contributed by atoms with E-state index in [1.165, 1.54) is 0 Å². The molecule has 1 rings (SSSR count). The smallest absolute Gasteiger partial charge is 0.146 e. The Kier molecular flexibility index (Phi) is 4.17. The van der Waals surface area contributed by atoms with Gasteiger partial charge < -0.3 is 10.2 Å². The predicted molar refractivity (Wildman–Crippen MR) is 61.0 cm³/mol. The summed E-state index contributed by atoms with van der Waals surface area (Å²) >= 11 is 6.07. The molecule has 0 atom stereocenters. The molecule has 0 amide bonds. The molecule has 1 aromatic rings. The van der Waals surface area contributed by atoms with E-state index in [0.29, 0.717) is 5.02 Å². The number of aromatic nitrogens is 1. The van der Waals surface area contributed by atoms with Crippen molar-refractivity contribution >= 4 is 17.4 Å². The molecule has 0 aromatic carbocycles. The Hall–Kier alpha value is -0.800. The maximum Gasteiger partial charge on any atom is 0.146 e. The molecule has 1 aromatic heterocycles. The molecule has 4 heteroatoms. The van der Waals surface area contributed by atoms with Crippen LogP contribution in [0.1, 0.15) is 12.5 Å². The van der Waals surface area contributed by atoms with Crippen LogP contribution in [0.25, 0.3) is 0 Å². The minimum Gasteiger partial charge on any atom is -0.362 e. The molecule has 0 saturated carbocycles. The summed E-state index contributed by atoms with van der Waals surface area (Å²) in [5.74, 6) is 0.812. The van der Waals surface area contributed by atoms with Crippen molar-refractivity contribution in [2.45, 2.75) is 13.5 Å². The fraction of sp³-hybridized carbons (Fsp3) is 0.500. The lowest BCUT2D eigenvalue weighted by Crippen LogP contribution is -2.14. The first-order valence-electron chi connectivity index (χ1n) is 4.67. The number of rotatable bonds is 4. The van der Waals surface area contributed by atoms with E-state index in [1.807, 2.05) is 31.3 Å². The van der Waals surface area contributed by atoms with Crippen LogP contribution in [0.3, 0.4) is 0 Å². The molecule has 0 spiro atoms. The Bertz CT molecular complexity index is 299. The molecule has 0 radical (unpaired) electrons. The van der Waals surface area contributed by atoms with Gasteiger partial charge in [-0.05, 0) is 18.2 Å². The van der Waals surface area contributed by atoms with Gasteiger partial charge >= 0.3 is 0 Å². The number of hydrogen-bond donors (Lipinski definition) is 1. The summed E-state index contributed by atoms with van der Waals surface area (Å²) in [6.45, 7) is 3.84. The first-order chi connectivity index (χ1) is 6.65. The lowest BCUT2D eigenvalue weighted by molar-refractivity contribution is 0.724. The van der Waals surface area contributed by atoms with E-state index in [1.54, 1.807) is 0 Å². The SMILES string of the molecule is CCNCc1cnc(N(C)C)c(Cl)c1. The average Bonchev–Trinajstić information content (AvgIpc) is 2.14. The highest BCUT2D eigenvalue weighted by Crippen LogP contribution is 2.21. The second-order valence-corrected chi connectivity index (χ2v) is 3.73. The Labute approximate surface area is 90.1 Å². The van der Waals surface area contributed by atoms with Crippen LogP contribution in [0.4, 0.5) is 5.82 Å². The van der Waals surface area contributed by atoms with Gasteiger partial charge in [-0.3, -0.25) is 0 Å². The third-order valence-corrected chi connectivity index (χ3v) is 2.16. The Morgan fingerprint density at radius 1 is 1.50 bits per heavy atom. The molecular weight excluding hydrogens is 198 g/mol. The van der Waals surface area contributed by atoms with Gasteiger partial charge in [-0.25, -0.2) is 4.98 Å². The lowest BCUT2D eigenvalue weighted by Gasteiger charge is -2.13. The van der Waals surface area contributed by atoms with Gasteiger partial charge in [0, 0.05) is 26.8 Å². The maximum atomic E-state index is 6.07. The van der Waals surface area contributed by atoms with Gasteiger partial charge in [0.15, 0.2) is 0 Å². The van der Waals surface area contributed by atoms with Crippen molar-refractivity contribution < 1.29 is 0 Å². The zero-order chi connectivity index (χ0) is 10.6. The van der Waals surface area contributed by atoms with E-state index in [4.69, 9.17) is 11.6 Å². The van der Waals surface area contributed by atoms with E-state index in [2.05, 4.69) is 17.2 Å². The lowest BCUT2D eigenvalue weighted by atomic mass is 10.3. The van der Waals surface area contributed by atoms with Crippen molar-refractivity contribution in [1.29, 1.82) is 0 Å². The number of nitrogens with one attached hydrogen (secondary N) is 1. The van der Waals surface area contributed by atoms with Crippen LogP contribution >= 0.6 is 11.6 Å². The monoisotopic (exact) mass is 213 g/mol. The Morgan fingerprint density at radius 3 is 2.71 bits per heavy atom.